The van der Waals surface area contributed by atoms with E-state index in [-0.39, 0.29) is 0 Å². The van der Waals surface area contributed by atoms with Gasteiger partial charge in [0.25, 0.3) is 0 Å². The van der Waals surface area contributed by atoms with Gasteiger partial charge in [0.05, 0.1) is 0 Å². The lowest BCUT2D eigenvalue weighted by Gasteiger charge is -2.01. The first-order valence-corrected chi connectivity index (χ1v) is 4.58. The van der Waals surface area contributed by atoms with Gasteiger partial charge in [0.2, 0.25) is 0 Å². The van der Waals surface area contributed by atoms with Crippen LogP contribution < -0.4 is 5.32 Å². The molecule has 14 heavy (non-hydrogen) atoms. The molecule has 3 nitrogen and oxygen atoms in total. The van der Waals surface area contributed by atoms with Gasteiger partial charge in [0, 0.05) is 6.54 Å². The largest absolute Gasteiger partial charge is 0.445 e. The fourth-order valence-corrected chi connectivity index (χ4v) is 0.730. The number of carbonyl (C=O) groups is 1. The first-order chi connectivity index (χ1) is 6.81. The van der Waals surface area contributed by atoms with Gasteiger partial charge in [-0.05, 0) is 12.8 Å². The minimum Gasteiger partial charge on any atom is -0.445 e. The molecule has 0 aromatic rings. The number of unbranched alkanes of at least 4 members (excludes halogenated alkanes) is 1. The maximum absolute atomic E-state index is 10.9. The van der Waals surface area contributed by atoms with Crippen molar-refractivity contribution in [3.63, 3.8) is 0 Å². The lowest BCUT2D eigenvalue weighted by atomic mass is 10.3. The van der Waals surface area contributed by atoms with Crippen molar-refractivity contribution in [2.75, 3.05) is 13.2 Å². The van der Waals surface area contributed by atoms with E-state index >= 15 is 0 Å². The van der Waals surface area contributed by atoms with E-state index in [0.717, 1.165) is 12.8 Å². The second kappa shape index (κ2) is 9.58. The van der Waals surface area contributed by atoms with Crippen LogP contribution >= 0.6 is 0 Å². The van der Waals surface area contributed by atoms with Gasteiger partial charge in [0.1, 0.15) is 6.61 Å². The third-order valence-electron chi connectivity index (χ3n) is 1.41. The summed E-state index contributed by atoms with van der Waals surface area (Å²) < 4.78 is 4.81. The molecular weight excluding hydrogens is 178 g/mol. The molecule has 1 amide bonds. The van der Waals surface area contributed by atoms with Gasteiger partial charge in [-0.1, -0.05) is 24.3 Å². The molecule has 0 radical (unpaired) electrons. The molecule has 0 spiro atoms. The van der Waals surface area contributed by atoms with Crippen LogP contribution in [0.1, 0.15) is 12.8 Å². The molecular formula is C11H17NO2. The van der Waals surface area contributed by atoms with Crippen LogP contribution in [-0.2, 0) is 4.74 Å². The predicted octanol–water partition coefficient (Wildman–Crippen LogP) is 2.42. The molecule has 0 bridgehead atoms. The summed E-state index contributed by atoms with van der Waals surface area (Å²) in [7, 11) is 0. The zero-order valence-electron chi connectivity index (χ0n) is 8.37. The Bertz CT molecular complexity index is 209. The molecule has 0 aromatic heterocycles. The molecule has 0 aliphatic carbocycles. The van der Waals surface area contributed by atoms with Crippen LogP contribution in [0.5, 0.6) is 0 Å². The molecule has 0 heterocycles. The second-order valence-corrected chi connectivity index (χ2v) is 2.61. The molecule has 0 unspecified atom stereocenters. The third kappa shape index (κ3) is 8.59. The number of ether oxygens (including phenoxy) is 1. The van der Waals surface area contributed by atoms with Gasteiger partial charge in [-0.15, -0.1) is 13.2 Å². The number of hydrogen-bond acceptors (Lipinski definition) is 2. The number of hydrogen-bond donors (Lipinski definition) is 1. The summed E-state index contributed by atoms with van der Waals surface area (Å²) in [6.07, 6.45) is 8.68. The highest BCUT2D eigenvalue weighted by Gasteiger charge is 1.95. The van der Waals surface area contributed by atoms with Crippen LogP contribution in [0.2, 0.25) is 0 Å². The van der Waals surface area contributed by atoms with E-state index in [4.69, 9.17) is 4.74 Å². The monoisotopic (exact) mass is 195 g/mol. The summed E-state index contributed by atoms with van der Waals surface area (Å²) in [4.78, 5) is 10.9. The Kier molecular flexibility index (Phi) is 8.54. The van der Waals surface area contributed by atoms with E-state index in [1.54, 1.807) is 6.08 Å². The Morgan fingerprint density at radius 3 is 2.64 bits per heavy atom. The molecule has 0 saturated heterocycles. The van der Waals surface area contributed by atoms with Crippen molar-refractivity contribution in [2.45, 2.75) is 12.8 Å². The van der Waals surface area contributed by atoms with Gasteiger partial charge in [-0.25, -0.2) is 4.79 Å². The first kappa shape index (κ1) is 12.5. The SMILES string of the molecule is C=CCC/C=C/COC(=O)NCC=C. The van der Waals surface area contributed by atoms with Crippen molar-refractivity contribution < 1.29 is 9.53 Å². The summed E-state index contributed by atoms with van der Waals surface area (Å²) in [5, 5.41) is 2.51. The quantitative estimate of drug-likeness (QED) is 0.500. The number of carbonyl (C=O) groups excluding carboxylic acids is 1. The van der Waals surface area contributed by atoms with Crippen LogP contribution in [0.3, 0.4) is 0 Å². The van der Waals surface area contributed by atoms with E-state index in [1.807, 2.05) is 18.2 Å². The van der Waals surface area contributed by atoms with Gasteiger partial charge in [0.15, 0.2) is 0 Å². The molecule has 0 aromatic carbocycles. The lowest BCUT2D eigenvalue weighted by Crippen LogP contribution is -2.24. The Balaban J connectivity index is 3.33. The number of rotatable bonds is 7. The third-order valence-corrected chi connectivity index (χ3v) is 1.41. The zero-order valence-corrected chi connectivity index (χ0v) is 8.37. The summed E-state index contributed by atoms with van der Waals surface area (Å²) in [6.45, 7) is 7.81. The van der Waals surface area contributed by atoms with Crippen LogP contribution in [0, 0.1) is 0 Å². The Morgan fingerprint density at radius 2 is 2.00 bits per heavy atom. The van der Waals surface area contributed by atoms with Gasteiger partial charge >= 0.3 is 6.09 Å². The maximum Gasteiger partial charge on any atom is 0.407 e. The highest BCUT2D eigenvalue weighted by Crippen LogP contribution is 1.91. The normalized spacial score (nSPS) is 9.71. The number of alkyl carbamates (subject to hydrolysis) is 1. The van der Waals surface area contributed by atoms with Crippen LogP contribution in [0.15, 0.2) is 37.5 Å². The summed E-state index contributed by atoms with van der Waals surface area (Å²) >= 11 is 0. The number of allylic oxidation sites excluding steroid dienone is 2. The van der Waals surface area contributed by atoms with Crippen LogP contribution in [0.25, 0.3) is 0 Å². The number of nitrogens with one attached hydrogen (secondary N) is 1. The summed E-state index contributed by atoms with van der Waals surface area (Å²) in [5.74, 6) is 0. The maximum atomic E-state index is 10.9. The molecule has 0 saturated carbocycles. The Labute approximate surface area is 85.1 Å². The highest BCUT2D eigenvalue weighted by atomic mass is 16.5. The van der Waals surface area contributed by atoms with Gasteiger partial charge in [-0.3, -0.25) is 0 Å². The van der Waals surface area contributed by atoms with Crippen LogP contribution in [-0.4, -0.2) is 19.2 Å². The molecule has 0 aliphatic heterocycles. The van der Waals surface area contributed by atoms with Crippen molar-refractivity contribution >= 4 is 6.09 Å². The van der Waals surface area contributed by atoms with E-state index in [9.17, 15) is 4.79 Å². The molecule has 1 N–H and O–H groups in total. The minimum atomic E-state index is -0.418. The van der Waals surface area contributed by atoms with Gasteiger partial charge in [-0.2, -0.15) is 0 Å². The van der Waals surface area contributed by atoms with E-state index in [0.29, 0.717) is 13.2 Å². The van der Waals surface area contributed by atoms with E-state index < -0.39 is 6.09 Å². The van der Waals surface area contributed by atoms with E-state index in [1.165, 1.54) is 0 Å². The highest BCUT2D eigenvalue weighted by molar-refractivity contribution is 5.67. The second-order valence-electron chi connectivity index (χ2n) is 2.61. The average Bonchev–Trinajstić information content (AvgIpc) is 2.20. The first-order valence-electron chi connectivity index (χ1n) is 4.58. The molecule has 0 rings (SSSR count). The van der Waals surface area contributed by atoms with Crippen molar-refractivity contribution in [2.24, 2.45) is 0 Å². The van der Waals surface area contributed by atoms with Crippen molar-refractivity contribution in [3.8, 4) is 0 Å². The smallest absolute Gasteiger partial charge is 0.407 e. The fraction of sp³-hybridized carbons (Fsp3) is 0.364. The summed E-state index contributed by atoms with van der Waals surface area (Å²) in [6, 6.07) is 0. The Morgan fingerprint density at radius 1 is 1.21 bits per heavy atom. The topological polar surface area (TPSA) is 38.3 Å². The standard InChI is InChI=1S/C11H17NO2/c1-3-5-6-7-8-10-14-11(13)12-9-4-2/h3-4,7-8H,1-2,5-6,9-10H2,(H,12,13)/b8-7+. The van der Waals surface area contributed by atoms with E-state index in [2.05, 4.69) is 18.5 Å². The predicted molar refractivity (Wildman–Crippen MR) is 58.1 cm³/mol. The van der Waals surface area contributed by atoms with Crippen molar-refractivity contribution in [1.29, 1.82) is 0 Å². The summed E-state index contributed by atoms with van der Waals surface area (Å²) in [5.41, 5.74) is 0. The Hall–Kier alpha value is -1.51. The molecule has 78 valence electrons. The van der Waals surface area contributed by atoms with Crippen molar-refractivity contribution in [1.82, 2.24) is 5.32 Å². The number of amides is 1. The molecule has 0 atom stereocenters. The molecule has 3 heteroatoms. The zero-order chi connectivity index (χ0) is 10.6. The van der Waals surface area contributed by atoms with Crippen molar-refractivity contribution in [3.05, 3.63) is 37.5 Å². The van der Waals surface area contributed by atoms with Gasteiger partial charge < -0.3 is 10.1 Å². The molecule has 0 aliphatic rings. The average molecular weight is 195 g/mol. The lowest BCUT2D eigenvalue weighted by molar-refractivity contribution is 0.159. The molecule has 0 fully saturated rings. The fourth-order valence-electron chi connectivity index (χ4n) is 0.730. The minimum absolute atomic E-state index is 0.306. The van der Waals surface area contributed by atoms with Crippen LogP contribution in [0.4, 0.5) is 4.79 Å².